The molecule has 0 aliphatic rings. The maximum atomic E-state index is 13.3. The van der Waals surface area contributed by atoms with E-state index in [4.69, 9.17) is 0 Å². The van der Waals surface area contributed by atoms with Gasteiger partial charge in [-0.3, -0.25) is 4.79 Å². The largest absolute Gasteiger partial charge is 0.355 e. The molecule has 1 aromatic carbocycles. The van der Waals surface area contributed by atoms with Crippen LogP contribution in [0.1, 0.15) is 5.69 Å². The lowest BCUT2D eigenvalue weighted by Crippen LogP contribution is -2.11. The Morgan fingerprint density at radius 2 is 2.00 bits per heavy atom. The minimum atomic E-state index is -1.01. The summed E-state index contributed by atoms with van der Waals surface area (Å²) in [5.74, 6) is -1.97. The molecule has 0 spiro atoms. The van der Waals surface area contributed by atoms with Gasteiger partial charge in [0, 0.05) is 11.1 Å². The van der Waals surface area contributed by atoms with Crippen LogP contribution < -0.4 is 5.43 Å². The van der Waals surface area contributed by atoms with Gasteiger partial charge in [-0.25, -0.2) is 8.78 Å². The summed E-state index contributed by atoms with van der Waals surface area (Å²) in [6.45, 7) is 1.65. The average Bonchev–Trinajstić information content (AvgIpc) is 2.21. The van der Waals surface area contributed by atoms with Crippen molar-refractivity contribution in [2.75, 3.05) is 0 Å². The molecular formula is C10H6F2INO. The molecule has 2 rings (SSSR count). The quantitative estimate of drug-likeness (QED) is 0.744. The molecule has 1 heterocycles. The van der Waals surface area contributed by atoms with Gasteiger partial charge in [-0.1, -0.05) is 0 Å². The van der Waals surface area contributed by atoms with Gasteiger partial charge >= 0.3 is 0 Å². The number of benzene rings is 1. The monoisotopic (exact) mass is 321 g/mol. The number of H-pyrrole nitrogens is 1. The molecule has 0 amide bonds. The Morgan fingerprint density at radius 3 is 2.67 bits per heavy atom. The van der Waals surface area contributed by atoms with Crippen molar-refractivity contribution in [3.8, 4) is 0 Å². The number of nitrogens with one attached hydrogen (secondary N) is 1. The van der Waals surface area contributed by atoms with Gasteiger partial charge < -0.3 is 4.98 Å². The zero-order valence-corrected chi connectivity index (χ0v) is 9.85. The lowest BCUT2D eigenvalue weighted by Gasteiger charge is -2.04. The van der Waals surface area contributed by atoms with Crippen LogP contribution in [0.15, 0.2) is 16.9 Å². The minimum Gasteiger partial charge on any atom is -0.355 e. The van der Waals surface area contributed by atoms with E-state index in [0.29, 0.717) is 9.26 Å². The smallest absolute Gasteiger partial charge is 0.203 e. The first-order valence-electron chi connectivity index (χ1n) is 4.18. The van der Waals surface area contributed by atoms with Crippen LogP contribution in [0.25, 0.3) is 10.9 Å². The van der Waals surface area contributed by atoms with Crippen LogP contribution in [0.3, 0.4) is 0 Å². The molecule has 1 aromatic heterocycles. The number of aromatic amines is 1. The molecule has 78 valence electrons. The highest BCUT2D eigenvalue weighted by atomic mass is 127. The van der Waals surface area contributed by atoms with Crippen LogP contribution in [0.5, 0.6) is 0 Å². The highest BCUT2D eigenvalue weighted by Crippen LogP contribution is 2.18. The molecule has 0 aliphatic heterocycles. The summed E-state index contributed by atoms with van der Waals surface area (Å²) >= 11 is 1.88. The second-order valence-corrected chi connectivity index (χ2v) is 4.26. The minimum absolute atomic E-state index is 0.0714. The van der Waals surface area contributed by atoms with E-state index in [9.17, 15) is 13.6 Å². The van der Waals surface area contributed by atoms with E-state index < -0.39 is 11.6 Å². The second kappa shape index (κ2) is 3.55. The third kappa shape index (κ3) is 1.54. The van der Waals surface area contributed by atoms with E-state index in [1.807, 2.05) is 22.6 Å². The predicted molar refractivity (Wildman–Crippen MR) is 61.9 cm³/mol. The Bertz CT molecular complexity index is 606. The van der Waals surface area contributed by atoms with Crippen LogP contribution >= 0.6 is 22.6 Å². The zero-order chi connectivity index (χ0) is 11.2. The van der Waals surface area contributed by atoms with Gasteiger partial charge in [0.05, 0.1) is 9.09 Å². The van der Waals surface area contributed by atoms with Gasteiger partial charge in [-0.15, -0.1) is 0 Å². The maximum Gasteiger partial charge on any atom is 0.203 e. The molecular weight excluding hydrogens is 315 g/mol. The van der Waals surface area contributed by atoms with Crippen molar-refractivity contribution in [2.24, 2.45) is 0 Å². The van der Waals surface area contributed by atoms with Crippen LogP contribution in [-0.4, -0.2) is 4.98 Å². The molecule has 15 heavy (non-hydrogen) atoms. The van der Waals surface area contributed by atoms with Crippen molar-refractivity contribution in [1.29, 1.82) is 0 Å². The fraction of sp³-hybridized carbons (Fsp3) is 0.100. The molecule has 0 saturated carbocycles. The molecule has 0 bridgehead atoms. The van der Waals surface area contributed by atoms with E-state index in [1.54, 1.807) is 6.92 Å². The SMILES string of the molecule is Cc1[nH]c2c(F)c(F)ccc2c(=O)c1I. The molecule has 0 fully saturated rings. The van der Waals surface area contributed by atoms with Crippen LogP contribution in [0, 0.1) is 22.1 Å². The van der Waals surface area contributed by atoms with Crippen LogP contribution in [0.4, 0.5) is 8.78 Å². The molecule has 0 radical (unpaired) electrons. The summed E-state index contributed by atoms with van der Waals surface area (Å²) in [6.07, 6.45) is 0. The summed E-state index contributed by atoms with van der Waals surface area (Å²) < 4.78 is 26.7. The third-order valence-corrected chi connectivity index (χ3v) is 3.48. The Labute approximate surface area is 97.5 Å². The first-order valence-corrected chi connectivity index (χ1v) is 5.26. The molecule has 0 unspecified atom stereocenters. The number of rotatable bonds is 0. The second-order valence-electron chi connectivity index (χ2n) is 3.18. The Hall–Kier alpha value is -0.980. The molecule has 2 aromatic rings. The fourth-order valence-corrected chi connectivity index (χ4v) is 1.82. The summed E-state index contributed by atoms with van der Waals surface area (Å²) in [4.78, 5) is 14.4. The number of fused-ring (bicyclic) bond motifs is 1. The van der Waals surface area contributed by atoms with Crippen molar-refractivity contribution >= 4 is 33.5 Å². The number of hydrogen-bond donors (Lipinski definition) is 1. The molecule has 1 N–H and O–H groups in total. The number of hydrogen-bond acceptors (Lipinski definition) is 1. The topological polar surface area (TPSA) is 32.9 Å². The Morgan fingerprint density at radius 1 is 1.33 bits per heavy atom. The van der Waals surface area contributed by atoms with E-state index >= 15 is 0 Å². The maximum absolute atomic E-state index is 13.3. The Balaban J connectivity index is 3.06. The van der Waals surface area contributed by atoms with Crippen molar-refractivity contribution < 1.29 is 8.78 Å². The van der Waals surface area contributed by atoms with E-state index in [0.717, 1.165) is 6.07 Å². The van der Waals surface area contributed by atoms with Crippen molar-refractivity contribution in [3.05, 3.63) is 43.3 Å². The zero-order valence-electron chi connectivity index (χ0n) is 7.70. The van der Waals surface area contributed by atoms with E-state index in [-0.39, 0.29) is 16.3 Å². The van der Waals surface area contributed by atoms with Crippen LogP contribution in [-0.2, 0) is 0 Å². The Kier molecular flexibility index (Phi) is 2.49. The number of aromatic nitrogens is 1. The number of halogens is 3. The van der Waals surface area contributed by atoms with Crippen molar-refractivity contribution in [3.63, 3.8) is 0 Å². The highest BCUT2D eigenvalue weighted by Gasteiger charge is 2.12. The molecule has 0 atom stereocenters. The fourth-order valence-electron chi connectivity index (χ4n) is 1.39. The van der Waals surface area contributed by atoms with Crippen LogP contribution in [0.2, 0.25) is 0 Å². The predicted octanol–water partition coefficient (Wildman–Crippen LogP) is 2.72. The number of pyridine rings is 1. The van der Waals surface area contributed by atoms with E-state index in [1.165, 1.54) is 6.07 Å². The van der Waals surface area contributed by atoms with Crippen molar-refractivity contribution in [1.82, 2.24) is 4.98 Å². The summed E-state index contributed by atoms with van der Waals surface area (Å²) in [5.41, 5.74) is 0.191. The first kappa shape index (κ1) is 10.5. The summed E-state index contributed by atoms with van der Waals surface area (Å²) in [7, 11) is 0. The van der Waals surface area contributed by atoms with Gasteiger partial charge in [-0.2, -0.15) is 0 Å². The lowest BCUT2D eigenvalue weighted by molar-refractivity contribution is 0.515. The van der Waals surface area contributed by atoms with Crippen molar-refractivity contribution in [2.45, 2.75) is 6.92 Å². The highest BCUT2D eigenvalue weighted by molar-refractivity contribution is 14.1. The van der Waals surface area contributed by atoms with Gasteiger partial charge in [0.15, 0.2) is 11.6 Å². The molecule has 5 heteroatoms. The third-order valence-electron chi connectivity index (χ3n) is 2.18. The standard InChI is InChI=1S/C10H6F2INO/c1-4-8(13)10(15)5-2-3-6(11)7(12)9(5)14-4/h2-3H,1H3,(H,14,15). The lowest BCUT2D eigenvalue weighted by atomic mass is 10.2. The van der Waals surface area contributed by atoms with Gasteiger partial charge in [0.25, 0.3) is 0 Å². The normalized spacial score (nSPS) is 10.9. The molecule has 0 saturated heterocycles. The average molecular weight is 321 g/mol. The first-order chi connectivity index (χ1) is 7.02. The van der Waals surface area contributed by atoms with Gasteiger partial charge in [0.1, 0.15) is 0 Å². The summed E-state index contributed by atoms with van der Waals surface area (Å²) in [6, 6.07) is 2.24. The van der Waals surface area contributed by atoms with Gasteiger partial charge in [-0.05, 0) is 41.6 Å². The van der Waals surface area contributed by atoms with Gasteiger partial charge in [0.2, 0.25) is 5.43 Å². The molecule has 2 nitrogen and oxygen atoms in total. The summed E-state index contributed by atoms with van der Waals surface area (Å²) in [5, 5.41) is 0.170. The number of aryl methyl sites for hydroxylation is 1. The molecule has 0 aliphatic carbocycles. The van der Waals surface area contributed by atoms with E-state index in [2.05, 4.69) is 4.98 Å².